The molecule has 0 saturated heterocycles. The number of rotatable bonds is 6. The molecular formula is C12H16N2O6S. The van der Waals surface area contributed by atoms with Crippen molar-refractivity contribution in [3.63, 3.8) is 0 Å². The zero-order valence-electron chi connectivity index (χ0n) is 11.8. The molecule has 8 nitrogen and oxygen atoms in total. The molecule has 0 aromatic heterocycles. The van der Waals surface area contributed by atoms with E-state index in [1.54, 1.807) is 6.92 Å². The second-order valence-corrected chi connectivity index (χ2v) is 6.40. The Morgan fingerprint density at radius 2 is 1.90 bits per heavy atom. The van der Waals surface area contributed by atoms with Crippen LogP contribution in [0.1, 0.15) is 13.3 Å². The van der Waals surface area contributed by atoms with Crippen molar-refractivity contribution in [2.45, 2.75) is 24.3 Å². The number of hydrogen-bond donors (Lipinski definition) is 0. The van der Waals surface area contributed by atoms with Gasteiger partial charge in [0.25, 0.3) is 5.69 Å². The fraction of sp³-hybridized carbons (Fsp3) is 0.417. The molecule has 21 heavy (non-hydrogen) atoms. The first-order chi connectivity index (χ1) is 9.70. The number of carbonyl (C=O) groups excluding carboxylic acids is 1. The predicted octanol–water partition coefficient (Wildman–Crippen LogP) is 1.17. The Morgan fingerprint density at radius 1 is 1.38 bits per heavy atom. The second-order valence-electron chi connectivity index (χ2n) is 4.40. The molecule has 1 rings (SSSR count). The second kappa shape index (κ2) is 6.64. The third kappa shape index (κ3) is 3.99. The molecule has 0 N–H and O–H groups in total. The van der Waals surface area contributed by atoms with Crippen LogP contribution in [-0.4, -0.2) is 43.8 Å². The van der Waals surface area contributed by atoms with E-state index in [4.69, 9.17) is 0 Å². The summed E-state index contributed by atoms with van der Waals surface area (Å²) < 4.78 is 30.2. The van der Waals surface area contributed by atoms with E-state index >= 15 is 0 Å². The minimum Gasteiger partial charge on any atom is -0.469 e. The fourth-order valence-electron chi connectivity index (χ4n) is 1.60. The number of nitro benzene ring substituents is 1. The first-order valence-electron chi connectivity index (χ1n) is 5.99. The predicted molar refractivity (Wildman–Crippen MR) is 74.1 cm³/mol. The molecule has 1 aromatic rings. The van der Waals surface area contributed by atoms with Gasteiger partial charge in [0.15, 0.2) is 0 Å². The number of esters is 1. The van der Waals surface area contributed by atoms with Crippen molar-refractivity contribution < 1.29 is 22.9 Å². The van der Waals surface area contributed by atoms with Crippen molar-refractivity contribution in [3.8, 4) is 0 Å². The van der Waals surface area contributed by atoms with Gasteiger partial charge >= 0.3 is 5.97 Å². The van der Waals surface area contributed by atoms with Crippen molar-refractivity contribution in [1.29, 1.82) is 0 Å². The molecule has 0 bridgehead atoms. The van der Waals surface area contributed by atoms with E-state index in [-0.39, 0.29) is 17.0 Å². The van der Waals surface area contributed by atoms with Gasteiger partial charge in [-0.05, 0) is 19.1 Å². The largest absolute Gasteiger partial charge is 0.469 e. The lowest BCUT2D eigenvalue weighted by atomic mass is 10.2. The van der Waals surface area contributed by atoms with Crippen molar-refractivity contribution in [2.75, 3.05) is 14.2 Å². The smallest absolute Gasteiger partial charge is 0.307 e. The average Bonchev–Trinajstić information content (AvgIpc) is 2.46. The normalized spacial score (nSPS) is 13.0. The van der Waals surface area contributed by atoms with E-state index in [9.17, 15) is 23.3 Å². The highest BCUT2D eigenvalue weighted by Gasteiger charge is 2.27. The summed E-state index contributed by atoms with van der Waals surface area (Å²) in [5, 5.41) is 10.6. The van der Waals surface area contributed by atoms with Gasteiger partial charge < -0.3 is 4.74 Å². The van der Waals surface area contributed by atoms with E-state index in [0.29, 0.717) is 0 Å². The van der Waals surface area contributed by atoms with Crippen LogP contribution in [0.2, 0.25) is 0 Å². The molecule has 0 aliphatic carbocycles. The summed E-state index contributed by atoms with van der Waals surface area (Å²) in [6.45, 7) is 1.57. The zero-order valence-corrected chi connectivity index (χ0v) is 12.7. The van der Waals surface area contributed by atoms with Crippen molar-refractivity contribution in [1.82, 2.24) is 4.31 Å². The van der Waals surface area contributed by atoms with E-state index in [1.165, 1.54) is 14.2 Å². The average molecular weight is 316 g/mol. The van der Waals surface area contributed by atoms with Crippen molar-refractivity contribution in [3.05, 3.63) is 34.4 Å². The Bertz CT molecular complexity index is 626. The first kappa shape index (κ1) is 17.1. The summed E-state index contributed by atoms with van der Waals surface area (Å²) in [7, 11) is -1.27. The number of non-ortho nitro benzene ring substituents is 1. The molecule has 9 heteroatoms. The Kier molecular flexibility index (Phi) is 5.39. The summed E-state index contributed by atoms with van der Waals surface area (Å²) in [4.78, 5) is 21.1. The molecule has 0 aliphatic heterocycles. The molecule has 0 aliphatic rings. The van der Waals surface area contributed by atoms with Gasteiger partial charge in [-0.25, -0.2) is 8.42 Å². The summed E-state index contributed by atoms with van der Waals surface area (Å²) in [6.07, 6.45) is -0.0841. The van der Waals surface area contributed by atoms with Crippen molar-refractivity contribution in [2.24, 2.45) is 0 Å². The van der Waals surface area contributed by atoms with E-state index in [1.807, 2.05) is 0 Å². The maximum Gasteiger partial charge on any atom is 0.307 e. The number of methoxy groups -OCH3 is 1. The molecule has 0 amide bonds. The molecule has 116 valence electrons. The van der Waals surface area contributed by atoms with Crippen LogP contribution in [0, 0.1) is 10.1 Å². The molecular weight excluding hydrogens is 300 g/mol. The number of benzene rings is 1. The molecule has 0 radical (unpaired) electrons. The van der Waals surface area contributed by atoms with Crippen molar-refractivity contribution >= 4 is 21.7 Å². The van der Waals surface area contributed by atoms with Crippen LogP contribution in [0.15, 0.2) is 29.2 Å². The maximum absolute atomic E-state index is 12.3. The molecule has 1 aromatic carbocycles. The molecule has 1 atom stereocenters. The summed E-state index contributed by atoms with van der Waals surface area (Å²) in [6, 6.07) is 3.96. The van der Waals surface area contributed by atoms with Gasteiger partial charge in [-0.3, -0.25) is 14.9 Å². The third-order valence-electron chi connectivity index (χ3n) is 3.03. The topological polar surface area (TPSA) is 107 Å². The Labute approximate surface area is 122 Å². The van der Waals surface area contributed by atoms with Gasteiger partial charge in [0, 0.05) is 25.2 Å². The van der Waals surface area contributed by atoms with Crippen LogP contribution < -0.4 is 0 Å². The van der Waals surface area contributed by atoms with Gasteiger partial charge in [0.2, 0.25) is 10.0 Å². The zero-order chi connectivity index (χ0) is 16.2. The standard InChI is InChI=1S/C12H16N2O6S/c1-9(8-12(15)20-3)13(2)21(18,19)11-6-4-10(5-7-11)14(16)17/h4-7,9H,8H2,1-3H3/t9-/m1/s1. The van der Waals surface area contributed by atoms with Gasteiger partial charge in [0.05, 0.1) is 23.3 Å². The minimum atomic E-state index is -3.83. The minimum absolute atomic E-state index is 0.0766. The number of sulfonamides is 1. The van der Waals surface area contributed by atoms with E-state index < -0.39 is 27.0 Å². The molecule has 0 unspecified atom stereocenters. The highest BCUT2D eigenvalue weighted by atomic mass is 32.2. The summed E-state index contributed by atoms with van der Waals surface area (Å²) in [5.74, 6) is -0.520. The lowest BCUT2D eigenvalue weighted by Crippen LogP contribution is -2.36. The van der Waals surface area contributed by atoms with Gasteiger partial charge in [-0.1, -0.05) is 0 Å². The summed E-state index contributed by atoms with van der Waals surface area (Å²) >= 11 is 0. The van der Waals surface area contributed by atoms with E-state index in [2.05, 4.69) is 4.74 Å². The lowest BCUT2D eigenvalue weighted by molar-refractivity contribution is -0.384. The Hall–Kier alpha value is -2.00. The number of nitrogens with zero attached hydrogens (tertiary/aromatic N) is 2. The van der Waals surface area contributed by atoms with Crippen LogP contribution in [0.3, 0.4) is 0 Å². The molecule has 0 heterocycles. The van der Waals surface area contributed by atoms with Crippen LogP contribution in [-0.2, 0) is 19.6 Å². The molecule has 0 saturated carbocycles. The van der Waals surface area contributed by atoms with Gasteiger partial charge in [0.1, 0.15) is 0 Å². The number of hydrogen-bond acceptors (Lipinski definition) is 6. The van der Waals surface area contributed by atoms with Crippen LogP contribution in [0.4, 0.5) is 5.69 Å². The highest BCUT2D eigenvalue weighted by Crippen LogP contribution is 2.21. The lowest BCUT2D eigenvalue weighted by Gasteiger charge is -2.23. The highest BCUT2D eigenvalue weighted by molar-refractivity contribution is 7.89. The molecule has 0 spiro atoms. The summed E-state index contributed by atoms with van der Waals surface area (Å²) in [5.41, 5.74) is -0.195. The third-order valence-corrected chi connectivity index (χ3v) is 5.02. The van der Waals surface area contributed by atoms with Crippen LogP contribution >= 0.6 is 0 Å². The monoisotopic (exact) mass is 316 g/mol. The first-order valence-corrected chi connectivity index (χ1v) is 7.43. The van der Waals surface area contributed by atoms with Crippen LogP contribution in [0.5, 0.6) is 0 Å². The number of carbonyl (C=O) groups is 1. The Morgan fingerprint density at radius 3 is 2.33 bits per heavy atom. The quantitative estimate of drug-likeness (QED) is 0.443. The molecule has 0 fully saturated rings. The maximum atomic E-state index is 12.3. The van der Waals surface area contributed by atoms with Gasteiger partial charge in [-0.15, -0.1) is 0 Å². The fourth-order valence-corrected chi connectivity index (χ4v) is 2.96. The number of nitro groups is 1. The SMILES string of the molecule is COC(=O)C[C@@H](C)N(C)S(=O)(=O)c1ccc([N+](=O)[O-])cc1. The van der Waals surface area contributed by atoms with Crippen LogP contribution in [0.25, 0.3) is 0 Å². The Balaban J connectivity index is 2.98. The van der Waals surface area contributed by atoms with E-state index in [0.717, 1.165) is 28.6 Å². The van der Waals surface area contributed by atoms with Gasteiger partial charge in [-0.2, -0.15) is 4.31 Å². The number of ether oxygens (including phenoxy) is 1.